The first kappa shape index (κ1) is 19.8. The Bertz CT molecular complexity index is 795. The van der Waals surface area contributed by atoms with Crippen molar-refractivity contribution in [2.45, 2.75) is 45.1 Å². The molecule has 0 spiro atoms. The summed E-state index contributed by atoms with van der Waals surface area (Å²) in [5.41, 5.74) is 1.88. The van der Waals surface area contributed by atoms with Gasteiger partial charge in [-0.25, -0.2) is 0 Å². The summed E-state index contributed by atoms with van der Waals surface area (Å²) in [6, 6.07) is 6.39. The van der Waals surface area contributed by atoms with Crippen LogP contribution in [0.3, 0.4) is 0 Å². The number of hydrogen-bond acceptors (Lipinski definition) is 5. The Labute approximate surface area is 163 Å². The van der Waals surface area contributed by atoms with Gasteiger partial charge in [-0.3, -0.25) is 24.1 Å². The van der Waals surface area contributed by atoms with Crippen molar-refractivity contribution in [1.82, 2.24) is 10.2 Å². The van der Waals surface area contributed by atoms with E-state index in [1.165, 1.54) is 25.3 Å². The van der Waals surface area contributed by atoms with Gasteiger partial charge in [-0.2, -0.15) is 0 Å². The molecule has 3 rings (SSSR count). The van der Waals surface area contributed by atoms with Gasteiger partial charge in [0.05, 0.1) is 11.1 Å². The van der Waals surface area contributed by atoms with E-state index in [2.05, 4.69) is 11.4 Å². The van der Waals surface area contributed by atoms with Gasteiger partial charge in [0, 0.05) is 6.54 Å². The molecular formula is C21H24N2O5. The van der Waals surface area contributed by atoms with Gasteiger partial charge in [0.25, 0.3) is 17.7 Å². The van der Waals surface area contributed by atoms with Gasteiger partial charge < -0.3 is 10.1 Å². The minimum absolute atomic E-state index is 0.267. The zero-order valence-corrected chi connectivity index (χ0v) is 15.9. The average molecular weight is 384 g/mol. The van der Waals surface area contributed by atoms with E-state index in [0.717, 1.165) is 24.2 Å². The second-order valence-electron chi connectivity index (χ2n) is 7.02. The van der Waals surface area contributed by atoms with Crippen LogP contribution in [0.15, 0.2) is 35.9 Å². The van der Waals surface area contributed by atoms with Crippen molar-refractivity contribution in [2.24, 2.45) is 0 Å². The van der Waals surface area contributed by atoms with E-state index in [9.17, 15) is 19.2 Å². The van der Waals surface area contributed by atoms with Gasteiger partial charge in [-0.05, 0) is 51.2 Å². The van der Waals surface area contributed by atoms with Crippen molar-refractivity contribution < 1.29 is 23.9 Å². The first-order valence-corrected chi connectivity index (χ1v) is 9.57. The number of carbonyl (C=O) groups is 4. The Hall–Kier alpha value is -2.96. The maximum atomic E-state index is 12.3. The highest BCUT2D eigenvalue weighted by Gasteiger charge is 2.37. The molecule has 28 heavy (non-hydrogen) atoms. The predicted molar refractivity (Wildman–Crippen MR) is 102 cm³/mol. The van der Waals surface area contributed by atoms with E-state index in [-0.39, 0.29) is 11.1 Å². The molecule has 0 unspecified atom stereocenters. The molecule has 2 aliphatic rings. The Morgan fingerprint density at radius 1 is 1.14 bits per heavy atom. The third-order valence-electron chi connectivity index (χ3n) is 4.97. The number of nitrogens with one attached hydrogen (secondary N) is 1. The molecule has 0 radical (unpaired) electrons. The molecule has 1 aromatic rings. The number of amides is 3. The zero-order chi connectivity index (χ0) is 20.1. The Morgan fingerprint density at radius 3 is 2.43 bits per heavy atom. The third kappa shape index (κ3) is 4.47. The number of nitrogens with zero attached hydrogens (tertiary/aromatic N) is 1. The summed E-state index contributed by atoms with van der Waals surface area (Å²) in [7, 11) is 0. The minimum atomic E-state index is -0.997. The predicted octanol–water partition coefficient (Wildman–Crippen LogP) is 2.22. The highest BCUT2D eigenvalue weighted by atomic mass is 16.5. The van der Waals surface area contributed by atoms with Crippen LogP contribution < -0.4 is 5.32 Å². The van der Waals surface area contributed by atoms with E-state index in [0.29, 0.717) is 6.54 Å². The molecule has 0 bridgehead atoms. The van der Waals surface area contributed by atoms with Crippen molar-refractivity contribution in [3.8, 4) is 0 Å². The summed E-state index contributed by atoms with van der Waals surface area (Å²) >= 11 is 0. The fourth-order valence-corrected chi connectivity index (χ4v) is 3.42. The van der Waals surface area contributed by atoms with Crippen LogP contribution in [0.5, 0.6) is 0 Å². The van der Waals surface area contributed by atoms with Crippen molar-refractivity contribution >= 4 is 23.7 Å². The lowest BCUT2D eigenvalue weighted by Crippen LogP contribution is -2.40. The average Bonchev–Trinajstić information content (AvgIpc) is 2.94. The van der Waals surface area contributed by atoms with Gasteiger partial charge in [0.1, 0.15) is 6.54 Å². The summed E-state index contributed by atoms with van der Waals surface area (Å²) < 4.78 is 5.10. The summed E-state index contributed by atoms with van der Waals surface area (Å²) in [4.78, 5) is 49.6. The molecule has 0 fully saturated rings. The van der Waals surface area contributed by atoms with Gasteiger partial charge >= 0.3 is 5.97 Å². The van der Waals surface area contributed by atoms with E-state index in [4.69, 9.17) is 4.74 Å². The molecule has 7 heteroatoms. The summed E-state index contributed by atoms with van der Waals surface area (Å²) in [6.45, 7) is 1.44. The highest BCUT2D eigenvalue weighted by molar-refractivity contribution is 6.22. The van der Waals surface area contributed by atoms with Gasteiger partial charge in [0.15, 0.2) is 6.10 Å². The van der Waals surface area contributed by atoms with Crippen LogP contribution in [0.25, 0.3) is 0 Å². The van der Waals surface area contributed by atoms with Crippen molar-refractivity contribution in [3.05, 3.63) is 47.0 Å². The molecule has 1 atom stereocenters. The minimum Gasteiger partial charge on any atom is -0.451 e. The molecule has 1 heterocycles. The molecule has 1 aliphatic carbocycles. The number of benzene rings is 1. The monoisotopic (exact) mass is 384 g/mol. The van der Waals surface area contributed by atoms with E-state index in [1.54, 1.807) is 24.3 Å². The largest absolute Gasteiger partial charge is 0.451 e. The van der Waals surface area contributed by atoms with Gasteiger partial charge in [0.2, 0.25) is 0 Å². The molecule has 1 N–H and O–H groups in total. The Kier molecular flexibility index (Phi) is 6.23. The van der Waals surface area contributed by atoms with Gasteiger partial charge in [-0.15, -0.1) is 0 Å². The van der Waals surface area contributed by atoms with Crippen LogP contribution in [-0.4, -0.2) is 47.8 Å². The maximum Gasteiger partial charge on any atom is 0.326 e. The molecular weight excluding hydrogens is 360 g/mol. The van der Waals surface area contributed by atoms with Crippen LogP contribution in [0.1, 0.15) is 59.7 Å². The van der Waals surface area contributed by atoms with Crippen LogP contribution >= 0.6 is 0 Å². The SMILES string of the molecule is C[C@@H](OC(=O)CN1C(=O)c2ccccc2C1=O)C(=O)NCCC1=CCCCC1. The zero-order valence-electron chi connectivity index (χ0n) is 15.9. The molecule has 7 nitrogen and oxygen atoms in total. The van der Waals surface area contributed by atoms with Crippen LogP contribution in [0, 0.1) is 0 Å². The molecule has 0 aromatic heterocycles. The Balaban J connectivity index is 1.45. The number of hydrogen-bond donors (Lipinski definition) is 1. The molecule has 1 aromatic carbocycles. The second kappa shape index (κ2) is 8.82. The third-order valence-corrected chi connectivity index (χ3v) is 4.97. The number of imide groups is 1. The highest BCUT2D eigenvalue weighted by Crippen LogP contribution is 2.22. The van der Waals surface area contributed by atoms with Crippen LogP contribution in [0.4, 0.5) is 0 Å². The van der Waals surface area contributed by atoms with Crippen LogP contribution in [-0.2, 0) is 14.3 Å². The first-order chi connectivity index (χ1) is 13.5. The van der Waals surface area contributed by atoms with Gasteiger partial charge in [-0.1, -0.05) is 23.8 Å². The lowest BCUT2D eigenvalue weighted by Gasteiger charge is -2.17. The van der Waals surface area contributed by atoms with E-state index >= 15 is 0 Å². The lowest BCUT2D eigenvalue weighted by atomic mass is 9.97. The standard InChI is InChI=1S/C21H24N2O5/c1-14(19(25)22-12-11-15-7-3-2-4-8-15)28-18(24)13-23-20(26)16-9-5-6-10-17(16)21(23)27/h5-7,9-10,14H,2-4,8,11-13H2,1H3,(H,22,25)/t14-/m1/s1. The fourth-order valence-electron chi connectivity index (χ4n) is 3.42. The summed E-state index contributed by atoms with van der Waals surface area (Å²) in [5.74, 6) is -2.26. The molecule has 0 saturated carbocycles. The summed E-state index contributed by atoms with van der Waals surface area (Å²) in [5, 5.41) is 2.76. The number of fused-ring (bicyclic) bond motifs is 1. The lowest BCUT2D eigenvalue weighted by molar-refractivity contribution is -0.154. The van der Waals surface area contributed by atoms with E-state index < -0.39 is 36.3 Å². The number of carbonyl (C=O) groups excluding carboxylic acids is 4. The molecule has 148 valence electrons. The molecule has 1 aliphatic heterocycles. The van der Waals surface area contributed by atoms with Crippen molar-refractivity contribution in [1.29, 1.82) is 0 Å². The first-order valence-electron chi connectivity index (χ1n) is 9.57. The van der Waals surface area contributed by atoms with Crippen molar-refractivity contribution in [3.63, 3.8) is 0 Å². The number of rotatable bonds is 7. The van der Waals surface area contributed by atoms with Crippen molar-refractivity contribution in [2.75, 3.05) is 13.1 Å². The fraction of sp³-hybridized carbons (Fsp3) is 0.429. The molecule has 3 amide bonds. The topological polar surface area (TPSA) is 92.8 Å². The maximum absolute atomic E-state index is 12.3. The smallest absolute Gasteiger partial charge is 0.326 e. The number of esters is 1. The Morgan fingerprint density at radius 2 is 1.82 bits per heavy atom. The van der Waals surface area contributed by atoms with Crippen LogP contribution in [0.2, 0.25) is 0 Å². The number of allylic oxidation sites excluding steroid dienone is 1. The van der Waals surface area contributed by atoms with E-state index in [1.807, 2.05) is 0 Å². The molecule has 0 saturated heterocycles. The normalized spacial score (nSPS) is 17.0. The second-order valence-corrected chi connectivity index (χ2v) is 7.02. The number of ether oxygens (including phenoxy) is 1. The quantitative estimate of drug-likeness (QED) is 0.442. The summed E-state index contributed by atoms with van der Waals surface area (Å²) in [6.07, 6.45) is 6.59.